The van der Waals surface area contributed by atoms with Gasteiger partial charge in [0.05, 0.1) is 18.1 Å². The van der Waals surface area contributed by atoms with E-state index in [0.717, 1.165) is 55.3 Å². The van der Waals surface area contributed by atoms with E-state index in [0.29, 0.717) is 11.5 Å². The summed E-state index contributed by atoms with van der Waals surface area (Å²) < 4.78 is 3.20. The highest BCUT2D eigenvalue weighted by atomic mass is 16.2. The highest BCUT2D eigenvalue weighted by Gasteiger charge is 2.31. The van der Waals surface area contributed by atoms with Gasteiger partial charge in [-0.25, -0.2) is 9.67 Å². The lowest BCUT2D eigenvalue weighted by Gasteiger charge is -2.26. The van der Waals surface area contributed by atoms with Gasteiger partial charge < -0.3 is 10.6 Å². The average Bonchev–Trinajstić information content (AvgIpc) is 3.26. The third kappa shape index (κ3) is 5.10. The van der Waals surface area contributed by atoms with E-state index in [4.69, 9.17) is 0 Å². The first kappa shape index (κ1) is 22.6. The van der Waals surface area contributed by atoms with Gasteiger partial charge in [0.25, 0.3) is 5.91 Å². The predicted octanol–water partition coefficient (Wildman–Crippen LogP) is 2.63. The smallest absolute Gasteiger partial charge is 0.271 e. The maximum atomic E-state index is 13.3. The zero-order chi connectivity index (χ0) is 23.4. The van der Waals surface area contributed by atoms with Crippen molar-refractivity contribution < 1.29 is 9.59 Å². The molecule has 0 spiro atoms. The molecule has 174 valence electrons. The summed E-state index contributed by atoms with van der Waals surface area (Å²) in [5.74, 6) is -0.114. The molecule has 0 aromatic carbocycles. The van der Waals surface area contributed by atoms with E-state index in [9.17, 15) is 9.59 Å². The predicted molar refractivity (Wildman–Crippen MR) is 123 cm³/mol. The number of carbonyl (C=O) groups excluding carboxylic acids is 2. The number of carbonyl (C=O) groups is 2. The van der Waals surface area contributed by atoms with Gasteiger partial charge in [-0.15, -0.1) is 5.10 Å². The Bertz CT molecular complexity index is 1090. The van der Waals surface area contributed by atoms with Crippen LogP contribution in [0, 0.1) is 12.8 Å². The molecule has 3 aromatic heterocycles. The number of nitrogens with one attached hydrogen (secondary N) is 2. The van der Waals surface area contributed by atoms with Gasteiger partial charge in [-0.2, -0.15) is 5.10 Å². The van der Waals surface area contributed by atoms with Gasteiger partial charge in [-0.1, -0.05) is 30.9 Å². The maximum absolute atomic E-state index is 13.3. The minimum absolute atomic E-state index is 0.0639. The lowest BCUT2D eigenvalue weighted by atomic mass is 9.91. The van der Waals surface area contributed by atoms with Crippen molar-refractivity contribution in [3.05, 3.63) is 42.0 Å². The van der Waals surface area contributed by atoms with E-state index < -0.39 is 6.04 Å². The molecule has 1 unspecified atom stereocenters. The van der Waals surface area contributed by atoms with Crippen LogP contribution in [-0.4, -0.2) is 47.6 Å². The molecule has 1 aliphatic carbocycles. The molecule has 0 aliphatic heterocycles. The number of aryl methyl sites for hydroxylation is 3. The van der Waals surface area contributed by atoms with Gasteiger partial charge in [0, 0.05) is 25.9 Å². The molecule has 33 heavy (non-hydrogen) atoms. The molecule has 0 radical (unpaired) electrons. The van der Waals surface area contributed by atoms with Crippen LogP contribution >= 0.6 is 0 Å². The SMILES string of the molecule is Cc1cnn(C)c1-c1ccc(NC(=O)C(NC(=O)c2cnnn2C)C2CCCCCC2)nc1. The number of hydrogen-bond acceptors (Lipinski definition) is 6. The molecule has 3 heterocycles. The monoisotopic (exact) mass is 450 g/mol. The van der Waals surface area contributed by atoms with Crippen molar-refractivity contribution in [2.24, 2.45) is 20.0 Å². The zero-order valence-electron chi connectivity index (χ0n) is 19.3. The van der Waals surface area contributed by atoms with Crippen molar-refractivity contribution in [2.45, 2.75) is 51.5 Å². The number of anilines is 1. The number of amides is 2. The molecule has 1 atom stereocenters. The molecule has 1 fully saturated rings. The first-order chi connectivity index (χ1) is 15.9. The van der Waals surface area contributed by atoms with Crippen LogP contribution in [0.4, 0.5) is 5.82 Å². The molecule has 1 aliphatic rings. The van der Waals surface area contributed by atoms with Crippen molar-refractivity contribution in [1.29, 1.82) is 0 Å². The first-order valence-electron chi connectivity index (χ1n) is 11.4. The lowest BCUT2D eigenvalue weighted by molar-refractivity contribution is -0.119. The second kappa shape index (κ2) is 9.93. The molecule has 0 bridgehead atoms. The summed E-state index contributed by atoms with van der Waals surface area (Å²) in [6, 6.07) is 3.02. The Morgan fingerprint density at radius 3 is 2.36 bits per heavy atom. The molecule has 2 amide bonds. The Morgan fingerprint density at radius 2 is 1.79 bits per heavy atom. The molecule has 1 saturated carbocycles. The van der Waals surface area contributed by atoms with Crippen LogP contribution < -0.4 is 10.6 Å². The van der Waals surface area contributed by atoms with Crippen molar-refractivity contribution in [3.8, 4) is 11.3 Å². The molecule has 10 nitrogen and oxygen atoms in total. The normalized spacial score (nSPS) is 15.6. The summed E-state index contributed by atoms with van der Waals surface area (Å²) in [5.41, 5.74) is 3.27. The quantitative estimate of drug-likeness (QED) is 0.557. The number of hydrogen-bond donors (Lipinski definition) is 2. The molecule has 3 aromatic rings. The molecule has 4 rings (SSSR count). The Labute approximate surface area is 192 Å². The van der Waals surface area contributed by atoms with E-state index in [2.05, 4.69) is 31.0 Å². The van der Waals surface area contributed by atoms with Gasteiger partial charge >= 0.3 is 0 Å². The van der Waals surface area contributed by atoms with Gasteiger partial charge in [0.1, 0.15) is 17.6 Å². The summed E-state index contributed by atoms with van der Waals surface area (Å²) in [6.07, 6.45) is 11.1. The molecular formula is C23H30N8O2. The van der Waals surface area contributed by atoms with Crippen LogP contribution in [0.25, 0.3) is 11.3 Å². The van der Waals surface area contributed by atoms with Crippen LogP contribution in [0.2, 0.25) is 0 Å². The van der Waals surface area contributed by atoms with Gasteiger partial charge in [-0.3, -0.25) is 14.3 Å². The number of pyridine rings is 1. The second-order valence-corrected chi connectivity index (χ2v) is 8.67. The van der Waals surface area contributed by atoms with Crippen molar-refractivity contribution in [2.75, 3.05) is 5.32 Å². The van der Waals surface area contributed by atoms with Crippen molar-refractivity contribution in [1.82, 2.24) is 35.1 Å². The fraction of sp³-hybridized carbons (Fsp3) is 0.478. The fourth-order valence-electron chi connectivity index (χ4n) is 4.53. The Balaban J connectivity index is 1.52. The maximum Gasteiger partial charge on any atom is 0.271 e. The van der Waals surface area contributed by atoms with Crippen LogP contribution in [-0.2, 0) is 18.9 Å². The van der Waals surface area contributed by atoms with E-state index in [1.807, 2.05) is 26.2 Å². The average molecular weight is 451 g/mol. The zero-order valence-corrected chi connectivity index (χ0v) is 19.3. The van der Waals surface area contributed by atoms with E-state index in [1.54, 1.807) is 24.0 Å². The topological polar surface area (TPSA) is 120 Å². The van der Waals surface area contributed by atoms with E-state index in [1.165, 1.54) is 10.9 Å². The summed E-state index contributed by atoms with van der Waals surface area (Å²) in [6.45, 7) is 2.00. The van der Waals surface area contributed by atoms with E-state index in [-0.39, 0.29) is 17.7 Å². The molecular weight excluding hydrogens is 420 g/mol. The highest BCUT2D eigenvalue weighted by Crippen LogP contribution is 2.27. The Morgan fingerprint density at radius 1 is 1.03 bits per heavy atom. The number of aromatic nitrogens is 6. The first-order valence-corrected chi connectivity index (χ1v) is 11.4. The van der Waals surface area contributed by atoms with Crippen molar-refractivity contribution >= 4 is 17.6 Å². The molecule has 2 N–H and O–H groups in total. The van der Waals surface area contributed by atoms with Gasteiger partial charge in [-0.05, 0) is 43.4 Å². The van der Waals surface area contributed by atoms with Crippen LogP contribution in [0.15, 0.2) is 30.7 Å². The summed E-state index contributed by atoms with van der Waals surface area (Å²) in [5, 5.41) is 17.7. The van der Waals surface area contributed by atoms with Crippen molar-refractivity contribution in [3.63, 3.8) is 0 Å². The molecule has 10 heteroatoms. The minimum atomic E-state index is -0.661. The van der Waals surface area contributed by atoms with Gasteiger partial charge in [0.15, 0.2) is 0 Å². The number of nitrogens with zero attached hydrogens (tertiary/aromatic N) is 6. The number of rotatable bonds is 6. The second-order valence-electron chi connectivity index (χ2n) is 8.67. The van der Waals surface area contributed by atoms with Gasteiger partial charge in [0.2, 0.25) is 5.91 Å². The third-order valence-corrected chi connectivity index (χ3v) is 6.30. The lowest BCUT2D eigenvalue weighted by Crippen LogP contribution is -2.49. The summed E-state index contributed by atoms with van der Waals surface area (Å²) in [7, 11) is 3.54. The summed E-state index contributed by atoms with van der Waals surface area (Å²) >= 11 is 0. The van der Waals surface area contributed by atoms with Crippen LogP contribution in [0.3, 0.4) is 0 Å². The highest BCUT2D eigenvalue weighted by molar-refractivity contribution is 6.00. The standard InChI is InChI=1S/C23H30N8O2/c1-15-12-26-31(3)21(15)17-10-11-19(24-13-17)27-23(33)20(16-8-6-4-5-7-9-16)28-22(32)18-14-25-29-30(18)2/h10-14,16,20H,4-9H2,1-3H3,(H,28,32)(H,24,27,33). The third-order valence-electron chi connectivity index (χ3n) is 6.30. The Kier molecular flexibility index (Phi) is 6.81. The largest absolute Gasteiger partial charge is 0.339 e. The minimum Gasteiger partial charge on any atom is -0.339 e. The molecule has 0 saturated heterocycles. The van der Waals surface area contributed by atoms with E-state index >= 15 is 0 Å². The van der Waals surface area contributed by atoms with Crippen LogP contribution in [0.1, 0.15) is 54.6 Å². The van der Waals surface area contributed by atoms with Crippen LogP contribution in [0.5, 0.6) is 0 Å². The Hall–Kier alpha value is -3.56. The fourth-order valence-corrected chi connectivity index (χ4v) is 4.53. The summed E-state index contributed by atoms with van der Waals surface area (Å²) in [4.78, 5) is 30.6.